The molecule has 9 nitrogen and oxygen atoms in total. The smallest absolute Gasteiger partial charge is 0.243 e. The van der Waals surface area contributed by atoms with Gasteiger partial charge < -0.3 is 25.6 Å². The number of aryl methyl sites for hydroxylation is 2. The van der Waals surface area contributed by atoms with Gasteiger partial charge in [0.05, 0.1) is 6.61 Å². The summed E-state index contributed by atoms with van der Waals surface area (Å²) in [5, 5.41) is 8.54. The predicted octanol–water partition coefficient (Wildman–Crippen LogP) is 3.03. The van der Waals surface area contributed by atoms with Crippen LogP contribution in [0.2, 0.25) is 0 Å². The Hall–Kier alpha value is -3.88. The van der Waals surface area contributed by atoms with Crippen LogP contribution in [0.4, 0.5) is 0 Å². The number of hydrogen-bond donors (Lipinski definition) is 3. The van der Waals surface area contributed by atoms with Gasteiger partial charge in [-0.05, 0) is 74.3 Å². The quantitative estimate of drug-likeness (QED) is 0.541. The first-order valence-corrected chi connectivity index (χ1v) is 14.1. The molecule has 40 heavy (non-hydrogen) atoms. The summed E-state index contributed by atoms with van der Waals surface area (Å²) in [5.74, 6) is -0.379. The van der Waals surface area contributed by atoms with Crippen LogP contribution in [0, 0.1) is 6.92 Å². The van der Waals surface area contributed by atoms with E-state index in [1.54, 1.807) is 11.9 Å². The maximum atomic E-state index is 13.4. The largest absolute Gasteiger partial charge is 0.494 e. The van der Waals surface area contributed by atoms with Crippen molar-refractivity contribution < 1.29 is 23.9 Å². The fourth-order valence-corrected chi connectivity index (χ4v) is 4.66. The molecule has 0 aromatic heterocycles. The molecule has 0 fully saturated rings. The van der Waals surface area contributed by atoms with E-state index < -0.39 is 18.0 Å². The molecule has 0 radical (unpaired) electrons. The van der Waals surface area contributed by atoms with Gasteiger partial charge in [0, 0.05) is 33.5 Å². The maximum absolute atomic E-state index is 13.4. The van der Waals surface area contributed by atoms with E-state index in [1.807, 2.05) is 55.5 Å². The normalized spacial score (nSPS) is 20.1. The first kappa shape index (κ1) is 30.7. The molecule has 0 spiro atoms. The summed E-state index contributed by atoms with van der Waals surface area (Å²) in [6.45, 7) is 4.77. The van der Waals surface area contributed by atoms with Crippen LogP contribution in [-0.4, -0.2) is 60.8 Å². The summed E-state index contributed by atoms with van der Waals surface area (Å²) in [6, 6.07) is 13.9. The molecule has 0 unspecified atom stereocenters. The molecule has 0 saturated carbocycles. The van der Waals surface area contributed by atoms with E-state index in [-0.39, 0.29) is 30.6 Å². The van der Waals surface area contributed by atoms with Crippen LogP contribution >= 0.6 is 0 Å². The van der Waals surface area contributed by atoms with Crippen LogP contribution in [0.3, 0.4) is 0 Å². The molecule has 4 amide bonds. The molecule has 0 aliphatic carbocycles. The van der Waals surface area contributed by atoms with Crippen LogP contribution in [0.1, 0.15) is 62.1 Å². The van der Waals surface area contributed by atoms with Crippen molar-refractivity contribution >= 4 is 23.6 Å². The average Bonchev–Trinajstić information content (AvgIpc) is 2.93. The van der Waals surface area contributed by atoms with Crippen LogP contribution < -0.4 is 20.7 Å². The fourth-order valence-electron chi connectivity index (χ4n) is 4.66. The van der Waals surface area contributed by atoms with Crippen molar-refractivity contribution in [2.45, 2.75) is 77.4 Å². The van der Waals surface area contributed by atoms with Gasteiger partial charge in [0.2, 0.25) is 23.6 Å². The predicted molar refractivity (Wildman–Crippen MR) is 154 cm³/mol. The molecule has 1 heterocycles. The minimum Gasteiger partial charge on any atom is -0.494 e. The molecule has 2 aromatic carbocycles. The SMILES string of the molecule is CC(=O)N[C@H]1CCCC(=O)N(C)CCCCOc2ccc(C)c(c2)CNC(=O)[C@H](CCc2ccccc2)NC1=O. The Morgan fingerprint density at radius 1 is 1.05 bits per heavy atom. The zero-order valence-electron chi connectivity index (χ0n) is 23.8. The summed E-state index contributed by atoms with van der Waals surface area (Å²) in [7, 11) is 1.77. The fraction of sp³-hybridized carbons (Fsp3) is 0.484. The maximum Gasteiger partial charge on any atom is 0.243 e. The summed E-state index contributed by atoms with van der Waals surface area (Å²) < 4.78 is 5.93. The number of ether oxygens (including phenoxy) is 1. The number of carbonyl (C=O) groups is 4. The zero-order valence-corrected chi connectivity index (χ0v) is 23.8. The van der Waals surface area contributed by atoms with Gasteiger partial charge in [-0.2, -0.15) is 0 Å². The summed E-state index contributed by atoms with van der Waals surface area (Å²) in [5.41, 5.74) is 3.00. The van der Waals surface area contributed by atoms with Gasteiger partial charge in [-0.25, -0.2) is 0 Å². The Morgan fingerprint density at radius 3 is 2.58 bits per heavy atom. The second-order valence-corrected chi connectivity index (χ2v) is 10.4. The lowest BCUT2D eigenvalue weighted by atomic mass is 10.0. The second kappa shape index (κ2) is 15.6. The van der Waals surface area contributed by atoms with E-state index in [0.29, 0.717) is 39.0 Å². The van der Waals surface area contributed by atoms with Gasteiger partial charge in [0.15, 0.2) is 0 Å². The molecule has 2 atom stereocenters. The van der Waals surface area contributed by atoms with Crippen molar-refractivity contribution in [3.8, 4) is 5.75 Å². The Balaban J connectivity index is 1.81. The monoisotopic (exact) mass is 550 g/mol. The Morgan fingerprint density at radius 2 is 1.82 bits per heavy atom. The van der Waals surface area contributed by atoms with Crippen LogP contribution in [0.25, 0.3) is 0 Å². The van der Waals surface area contributed by atoms with Gasteiger partial charge in [-0.15, -0.1) is 0 Å². The first-order valence-electron chi connectivity index (χ1n) is 14.1. The highest BCUT2D eigenvalue weighted by atomic mass is 16.5. The highest BCUT2D eigenvalue weighted by Crippen LogP contribution is 2.18. The molecule has 216 valence electrons. The minimum atomic E-state index is -0.843. The van der Waals surface area contributed by atoms with Gasteiger partial charge in [0.25, 0.3) is 0 Å². The third-order valence-corrected chi connectivity index (χ3v) is 7.13. The number of hydrogen-bond acceptors (Lipinski definition) is 5. The van der Waals surface area contributed by atoms with Gasteiger partial charge in [-0.1, -0.05) is 36.4 Å². The van der Waals surface area contributed by atoms with E-state index in [0.717, 1.165) is 35.3 Å². The number of benzene rings is 2. The molecule has 1 aliphatic heterocycles. The number of nitrogens with zero attached hydrogens (tertiary/aromatic N) is 1. The molecule has 0 saturated heterocycles. The number of amides is 4. The molecular formula is C31H42N4O5. The molecule has 1 aliphatic rings. The van der Waals surface area contributed by atoms with E-state index in [1.165, 1.54) is 6.92 Å². The van der Waals surface area contributed by atoms with Crippen LogP contribution in [0.15, 0.2) is 48.5 Å². The van der Waals surface area contributed by atoms with E-state index >= 15 is 0 Å². The Kier molecular flexibility index (Phi) is 12.0. The summed E-state index contributed by atoms with van der Waals surface area (Å²) >= 11 is 0. The van der Waals surface area contributed by atoms with Gasteiger partial charge in [-0.3, -0.25) is 19.2 Å². The van der Waals surface area contributed by atoms with Crippen molar-refractivity contribution in [3.05, 3.63) is 65.2 Å². The lowest BCUT2D eigenvalue weighted by molar-refractivity contribution is -0.132. The molecule has 2 bridgehead atoms. The number of fused-ring (bicyclic) bond motifs is 2. The molecule has 9 heteroatoms. The third-order valence-electron chi connectivity index (χ3n) is 7.13. The first-order chi connectivity index (χ1) is 19.2. The lowest BCUT2D eigenvalue weighted by Crippen LogP contribution is -2.53. The molecular weight excluding hydrogens is 508 g/mol. The van der Waals surface area contributed by atoms with Crippen molar-refractivity contribution in [1.82, 2.24) is 20.9 Å². The van der Waals surface area contributed by atoms with E-state index in [4.69, 9.17) is 4.74 Å². The topological polar surface area (TPSA) is 117 Å². The highest BCUT2D eigenvalue weighted by Gasteiger charge is 2.26. The van der Waals surface area contributed by atoms with Crippen molar-refractivity contribution in [2.24, 2.45) is 0 Å². The molecule has 3 rings (SSSR count). The number of carbonyl (C=O) groups excluding carboxylic acids is 4. The highest BCUT2D eigenvalue weighted by molar-refractivity contribution is 5.91. The van der Waals surface area contributed by atoms with Crippen molar-refractivity contribution in [3.63, 3.8) is 0 Å². The summed E-state index contributed by atoms with van der Waals surface area (Å²) in [6.07, 6.45) is 3.56. The molecule has 3 N–H and O–H groups in total. The van der Waals surface area contributed by atoms with Gasteiger partial charge in [0.1, 0.15) is 17.8 Å². The van der Waals surface area contributed by atoms with Crippen molar-refractivity contribution in [1.29, 1.82) is 0 Å². The Bertz CT molecular complexity index is 1150. The standard InChI is InChI=1S/C31H42N4O5/c1-22-14-16-26-20-25(22)21-32-30(38)28(17-15-24-10-5-4-6-11-24)34-31(39)27(33-23(2)36)12-9-13-29(37)35(3)18-7-8-19-40-26/h4-6,10-11,14,16,20,27-28H,7-9,12-13,15,17-19,21H2,1-3H3,(H,32,38)(H,33,36)(H,34,39)/t27-,28-/m0/s1. The zero-order chi connectivity index (χ0) is 28.9. The third kappa shape index (κ3) is 10.0. The van der Waals surface area contributed by atoms with Crippen molar-refractivity contribution in [2.75, 3.05) is 20.2 Å². The van der Waals surface area contributed by atoms with E-state index in [2.05, 4.69) is 16.0 Å². The lowest BCUT2D eigenvalue weighted by Gasteiger charge is -2.24. The van der Waals surface area contributed by atoms with Crippen LogP contribution in [0.5, 0.6) is 5.75 Å². The molecule has 2 aromatic rings. The minimum absolute atomic E-state index is 0.0133. The second-order valence-electron chi connectivity index (χ2n) is 10.4. The number of nitrogens with one attached hydrogen (secondary N) is 3. The van der Waals surface area contributed by atoms with Crippen LogP contribution in [-0.2, 0) is 32.1 Å². The van der Waals surface area contributed by atoms with Gasteiger partial charge >= 0.3 is 0 Å². The van der Waals surface area contributed by atoms with E-state index in [9.17, 15) is 19.2 Å². The number of rotatable bonds is 4. The summed E-state index contributed by atoms with van der Waals surface area (Å²) in [4.78, 5) is 52.9. The Labute approximate surface area is 237 Å². The average molecular weight is 551 g/mol.